The second-order valence-electron chi connectivity index (χ2n) is 2.86. The average Bonchev–Trinajstić information content (AvgIpc) is 2.21. The van der Waals surface area contributed by atoms with Gasteiger partial charge in [0.05, 0.1) is 5.69 Å². The van der Waals surface area contributed by atoms with Crippen LogP contribution in [0.3, 0.4) is 0 Å². The topological polar surface area (TPSA) is 12.9 Å². The van der Waals surface area contributed by atoms with Crippen molar-refractivity contribution in [2.45, 2.75) is 12.8 Å². The molecule has 1 aliphatic carbocycles. The van der Waals surface area contributed by atoms with E-state index in [2.05, 4.69) is 29.3 Å². The Kier molecular flexibility index (Phi) is 2.04. The minimum atomic E-state index is 1.02. The van der Waals surface area contributed by atoms with E-state index in [0.717, 1.165) is 18.5 Å². The third-order valence-corrected chi connectivity index (χ3v) is 2.00. The van der Waals surface area contributed by atoms with Crippen molar-refractivity contribution >= 4 is 5.57 Å². The lowest BCUT2D eigenvalue weighted by molar-refractivity contribution is 1.18. The van der Waals surface area contributed by atoms with E-state index in [9.17, 15) is 0 Å². The molecule has 0 spiro atoms. The molecule has 1 heterocycles. The third-order valence-electron chi connectivity index (χ3n) is 2.00. The van der Waals surface area contributed by atoms with Crippen molar-refractivity contribution in [1.29, 1.82) is 0 Å². The normalized spacial score (nSPS) is 15.8. The molecule has 0 unspecified atom stereocenters. The fraction of sp³-hybridized carbons (Fsp3) is 0.182. The van der Waals surface area contributed by atoms with Crippen LogP contribution in [0.4, 0.5) is 0 Å². The highest BCUT2D eigenvalue weighted by molar-refractivity contribution is 5.64. The zero-order valence-electron chi connectivity index (χ0n) is 6.90. The fourth-order valence-corrected chi connectivity index (χ4v) is 1.36. The van der Waals surface area contributed by atoms with Crippen molar-refractivity contribution in [3.8, 4) is 0 Å². The molecule has 0 aliphatic heterocycles. The first kappa shape index (κ1) is 7.29. The van der Waals surface area contributed by atoms with Crippen LogP contribution in [0, 0.1) is 0 Å². The molecule has 0 saturated heterocycles. The summed E-state index contributed by atoms with van der Waals surface area (Å²) in [6.45, 7) is 0. The SMILES string of the molecule is C1=CCC(c2ccccn2)=CC1. The van der Waals surface area contributed by atoms with Gasteiger partial charge in [-0.25, -0.2) is 0 Å². The van der Waals surface area contributed by atoms with E-state index in [4.69, 9.17) is 0 Å². The maximum absolute atomic E-state index is 4.30. The number of hydrogen-bond donors (Lipinski definition) is 0. The molecule has 0 radical (unpaired) electrons. The van der Waals surface area contributed by atoms with Gasteiger partial charge in [-0.2, -0.15) is 0 Å². The summed E-state index contributed by atoms with van der Waals surface area (Å²) in [5.74, 6) is 0. The van der Waals surface area contributed by atoms with Gasteiger partial charge >= 0.3 is 0 Å². The van der Waals surface area contributed by atoms with E-state index in [-0.39, 0.29) is 0 Å². The predicted octanol–water partition coefficient (Wildman–Crippen LogP) is 2.82. The molecule has 1 aromatic rings. The summed E-state index contributed by atoms with van der Waals surface area (Å²) in [6.07, 6.45) is 10.5. The molecule has 60 valence electrons. The summed E-state index contributed by atoms with van der Waals surface area (Å²) in [4.78, 5) is 4.30. The Bertz CT molecular complexity index is 309. The van der Waals surface area contributed by atoms with Crippen molar-refractivity contribution < 1.29 is 0 Å². The lowest BCUT2D eigenvalue weighted by Crippen LogP contribution is -1.89. The molecule has 0 N–H and O–H groups in total. The summed E-state index contributed by atoms with van der Waals surface area (Å²) in [5, 5.41) is 0. The maximum atomic E-state index is 4.30. The third kappa shape index (κ3) is 1.45. The summed E-state index contributed by atoms with van der Waals surface area (Å²) < 4.78 is 0. The monoisotopic (exact) mass is 157 g/mol. The molecule has 1 aromatic heterocycles. The molecule has 0 saturated carbocycles. The largest absolute Gasteiger partial charge is 0.257 e. The molecule has 0 bridgehead atoms. The van der Waals surface area contributed by atoms with E-state index in [1.807, 2.05) is 18.3 Å². The maximum Gasteiger partial charge on any atom is 0.0661 e. The Labute approximate surface area is 72.5 Å². The molecule has 0 atom stereocenters. The number of aromatic nitrogens is 1. The van der Waals surface area contributed by atoms with Gasteiger partial charge in [0.1, 0.15) is 0 Å². The number of pyridine rings is 1. The van der Waals surface area contributed by atoms with Crippen LogP contribution < -0.4 is 0 Å². The minimum absolute atomic E-state index is 1.02. The zero-order valence-corrected chi connectivity index (χ0v) is 6.90. The van der Waals surface area contributed by atoms with E-state index >= 15 is 0 Å². The van der Waals surface area contributed by atoms with Gasteiger partial charge in [0.2, 0.25) is 0 Å². The van der Waals surface area contributed by atoms with E-state index < -0.39 is 0 Å². The highest BCUT2D eigenvalue weighted by Crippen LogP contribution is 2.20. The van der Waals surface area contributed by atoms with Crippen LogP contribution in [-0.2, 0) is 0 Å². The number of hydrogen-bond acceptors (Lipinski definition) is 1. The zero-order chi connectivity index (χ0) is 8.23. The molecule has 1 aliphatic rings. The summed E-state index contributed by atoms with van der Waals surface area (Å²) >= 11 is 0. The van der Waals surface area contributed by atoms with Gasteiger partial charge in [-0.3, -0.25) is 4.98 Å². The van der Waals surface area contributed by atoms with Crippen LogP contribution in [0.1, 0.15) is 18.5 Å². The first-order valence-corrected chi connectivity index (χ1v) is 4.22. The number of rotatable bonds is 1. The molecule has 1 nitrogen and oxygen atoms in total. The summed E-state index contributed by atoms with van der Waals surface area (Å²) in [7, 11) is 0. The van der Waals surface area contributed by atoms with E-state index in [1.165, 1.54) is 5.57 Å². The Hall–Kier alpha value is -1.37. The highest BCUT2D eigenvalue weighted by Gasteiger charge is 2.01. The van der Waals surface area contributed by atoms with Gasteiger partial charge in [0.15, 0.2) is 0 Å². The van der Waals surface area contributed by atoms with Crippen LogP contribution in [0.5, 0.6) is 0 Å². The van der Waals surface area contributed by atoms with Crippen molar-refractivity contribution in [3.05, 3.63) is 48.3 Å². The summed E-state index contributed by atoms with van der Waals surface area (Å²) in [6, 6.07) is 6.04. The predicted molar refractivity (Wildman–Crippen MR) is 50.6 cm³/mol. The van der Waals surface area contributed by atoms with Crippen molar-refractivity contribution in [3.63, 3.8) is 0 Å². The van der Waals surface area contributed by atoms with Gasteiger partial charge < -0.3 is 0 Å². The van der Waals surface area contributed by atoms with Crippen molar-refractivity contribution in [2.75, 3.05) is 0 Å². The van der Waals surface area contributed by atoms with Crippen LogP contribution in [0.15, 0.2) is 42.6 Å². The molecule has 12 heavy (non-hydrogen) atoms. The molecular formula is C11H11N. The Morgan fingerprint density at radius 3 is 2.83 bits per heavy atom. The van der Waals surface area contributed by atoms with Gasteiger partial charge in [-0.15, -0.1) is 0 Å². The number of nitrogens with zero attached hydrogens (tertiary/aromatic N) is 1. The van der Waals surface area contributed by atoms with Gasteiger partial charge in [-0.1, -0.05) is 24.3 Å². The Balaban J connectivity index is 2.26. The van der Waals surface area contributed by atoms with Crippen LogP contribution in [-0.4, -0.2) is 4.98 Å². The average molecular weight is 157 g/mol. The van der Waals surface area contributed by atoms with Crippen LogP contribution in [0.25, 0.3) is 5.57 Å². The lowest BCUT2D eigenvalue weighted by Gasteiger charge is -2.06. The van der Waals surface area contributed by atoms with E-state index in [1.54, 1.807) is 0 Å². The molecule has 0 aromatic carbocycles. The molecular weight excluding hydrogens is 146 g/mol. The first-order chi connectivity index (χ1) is 5.97. The van der Waals surface area contributed by atoms with Crippen LogP contribution in [0.2, 0.25) is 0 Å². The molecule has 0 fully saturated rings. The molecule has 1 heteroatoms. The second kappa shape index (κ2) is 3.35. The highest BCUT2D eigenvalue weighted by atomic mass is 14.7. The first-order valence-electron chi connectivity index (χ1n) is 4.22. The van der Waals surface area contributed by atoms with Crippen molar-refractivity contribution in [2.24, 2.45) is 0 Å². The Morgan fingerprint density at radius 2 is 2.17 bits per heavy atom. The van der Waals surface area contributed by atoms with Gasteiger partial charge in [0, 0.05) is 6.20 Å². The van der Waals surface area contributed by atoms with Gasteiger partial charge in [-0.05, 0) is 30.5 Å². The summed E-state index contributed by atoms with van der Waals surface area (Å²) in [5.41, 5.74) is 2.46. The lowest BCUT2D eigenvalue weighted by atomic mass is 10.0. The fourth-order valence-electron chi connectivity index (χ4n) is 1.36. The smallest absolute Gasteiger partial charge is 0.0661 e. The molecule has 2 rings (SSSR count). The number of allylic oxidation sites excluding steroid dienone is 4. The Morgan fingerprint density at radius 1 is 1.17 bits per heavy atom. The quantitative estimate of drug-likeness (QED) is 0.571. The standard InChI is InChI=1S/C11H11N/c1-2-6-10(7-3-1)11-8-4-5-9-12-11/h1-2,4-5,7-9H,3,6H2. The molecule has 0 amide bonds. The van der Waals surface area contributed by atoms with Crippen LogP contribution >= 0.6 is 0 Å². The second-order valence-corrected chi connectivity index (χ2v) is 2.86. The van der Waals surface area contributed by atoms with Crippen molar-refractivity contribution in [1.82, 2.24) is 4.98 Å². The minimum Gasteiger partial charge on any atom is -0.257 e. The van der Waals surface area contributed by atoms with Gasteiger partial charge in [0.25, 0.3) is 0 Å². The van der Waals surface area contributed by atoms with E-state index in [0.29, 0.717) is 0 Å².